The van der Waals surface area contributed by atoms with Crippen molar-refractivity contribution in [3.63, 3.8) is 0 Å². The number of carbonyl (C=O) groups is 2. The molecule has 0 aliphatic carbocycles. The lowest BCUT2D eigenvalue weighted by Crippen LogP contribution is -2.25. The highest BCUT2D eigenvalue weighted by atomic mass is 19.4. The van der Waals surface area contributed by atoms with Gasteiger partial charge in [-0.3, -0.25) is 4.79 Å². The molecular weight excluding hydrogens is 413 g/mol. The minimum Gasteiger partial charge on any atom is -0.497 e. The molecule has 0 fully saturated rings. The number of carboxylic acids is 1. The van der Waals surface area contributed by atoms with Gasteiger partial charge in [0, 0.05) is 24.2 Å². The number of halogens is 3. The number of aromatic nitrogens is 1. The smallest absolute Gasteiger partial charge is 0.416 e. The van der Waals surface area contributed by atoms with Crippen LogP contribution in [0.3, 0.4) is 0 Å². The number of carboxylic acid groups (broad SMARTS) is 1. The van der Waals surface area contributed by atoms with Gasteiger partial charge in [0.25, 0.3) is 0 Å². The average molecular weight is 430 g/mol. The zero-order valence-electron chi connectivity index (χ0n) is 16.2. The highest BCUT2D eigenvalue weighted by molar-refractivity contribution is 6.04. The molecule has 4 rings (SSSR count). The first kappa shape index (κ1) is 20.5. The molecule has 9 heteroatoms. The van der Waals surface area contributed by atoms with E-state index in [4.69, 9.17) is 4.74 Å². The number of aromatic carboxylic acids is 1. The normalized spacial score (nSPS) is 15.9. The van der Waals surface area contributed by atoms with Crippen LogP contribution in [-0.4, -0.2) is 28.7 Å². The van der Waals surface area contributed by atoms with Crippen LogP contribution in [0.1, 0.15) is 39.5 Å². The summed E-state index contributed by atoms with van der Waals surface area (Å²) >= 11 is 0. The molecule has 2 heterocycles. The number of hydrogen-bond acceptors (Lipinski definition) is 3. The van der Waals surface area contributed by atoms with Crippen molar-refractivity contribution in [3.05, 3.63) is 77.1 Å². The van der Waals surface area contributed by atoms with Gasteiger partial charge in [-0.05, 0) is 35.9 Å². The summed E-state index contributed by atoms with van der Waals surface area (Å²) in [5.41, 5.74) is 0.293. The van der Waals surface area contributed by atoms with E-state index in [1.54, 1.807) is 24.3 Å². The highest BCUT2D eigenvalue weighted by Crippen LogP contribution is 2.42. The van der Waals surface area contributed by atoms with Crippen molar-refractivity contribution < 1.29 is 32.6 Å². The Balaban J connectivity index is 1.93. The molecule has 0 saturated heterocycles. The summed E-state index contributed by atoms with van der Waals surface area (Å²) in [6, 6.07) is 11.5. The molecule has 1 aromatic heterocycles. The summed E-state index contributed by atoms with van der Waals surface area (Å²) in [6.45, 7) is 0. The maximum absolute atomic E-state index is 13.2. The SMILES string of the molecule is COc1ccc([C@@H]2CC(=O)Nc3c(C(=O)O)cn(-c4cccc(C(F)(F)F)c4)c32)cc1. The summed E-state index contributed by atoms with van der Waals surface area (Å²) < 4.78 is 46.3. The van der Waals surface area contributed by atoms with Crippen LogP contribution in [0.4, 0.5) is 18.9 Å². The third-order valence-corrected chi connectivity index (χ3v) is 5.23. The molecule has 1 aliphatic rings. The van der Waals surface area contributed by atoms with Gasteiger partial charge >= 0.3 is 12.1 Å². The fraction of sp³-hybridized carbons (Fsp3) is 0.182. The fourth-order valence-corrected chi connectivity index (χ4v) is 3.79. The molecule has 0 unspecified atom stereocenters. The third-order valence-electron chi connectivity index (χ3n) is 5.23. The van der Waals surface area contributed by atoms with Crippen LogP contribution >= 0.6 is 0 Å². The van der Waals surface area contributed by atoms with Crippen LogP contribution in [0.5, 0.6) is 5.75 Å². The quantitative estimate of drug-likeness (QED) is 0.630. The van der Waals surface area contributed by atoms with E-state index in [9.17, 15) is 27.9 Å². The van der Waals surface area contributed by atoms with Gasteiger partial charge in [-0.25, -0.2) is 4.79 Å². The molecule has 3 aromatic rings. The number of ether oxygens (including phenoxy) is 1. The van der Waals surface area contributed by atoms with Crippen molar-refractivity contribution in [2.24, 2.45) is 0 Å². The number of rotatable bonds is 4. The number of anilines is 1. The van der Waals surface area contributed by atoms with Crippen LogP contribution in [0.15, 0.2) is 54.7 Å². The van der Waals surface area contributed by atoms with Crippen LogP contribution in [0, 0.1) is 0 Å². The van der Waals surface area contributed by atoms with Gasteiger partial charge < -0.3 is 19.7 Å². The largest absolute Gasteiger partial charge is 0.497 e. The number of fused-ring (bicyclic) bond motifs is 1. The monoisotopic (exact) mass is 430 g/mol. The Morgan fingerprint density at radius 2 is 1.90 bits per heavy atom. The maximum atomic E-state index is 13.2. The predicted molar refractivity (Wildman–Crippen MR) is 106 cm³/mol. The van der Waals surface area contributed by atoms with Crippen LogP contribution < -0.4 is 10.1 Å². The standard InChI is InChI=1S/C22H17F3N2O4/c1-31-15-7-5-12(6-8-15)16-10-18(28)26-19-17(21(29)30)11-27(20(16)19)14-4-2-3-13(9-14)22(23,24)25/h2-9,11,16H,10H2,1H3,(H,26,28)(H,29,30)/t16-/m0/s1. The first-order valence-electron chi connectivity index (χ1n) is 9.29. The minimum atomic E-state index is -4.55. The topological polar surface area (TPSA) is 80.6 Å². The van der Waals surface area contributed by atoms with Crippen molar-refractivity contribution in [3.8, 4) is 11.4 Å². The second-order valence-corrected chi connectivity index (χ2v) is 7.10. The summed E-state index contributed by atoms with van der Waals surface area (Å²) in [7, 11) is 1.51. The Kier molecular flexibility index (Phi) is 4.96. The second kappa shape index (κ2) is 7.50. The molecule has 0 spiro atoms. The molecule has 0 radical (unpaired) electrons. The van der Waals surface area contributed by atoms with E-state index in [2.05, 4.69) is 5.32 Å². The molecule has 1 amide bonds. The number of amides is 1. The van der Waals surface area contributed by atoms with Gasteiger partial charge in [0.1, 0.15) is 11.3 Å². The van der Waals surface area contributed by atoms with Crippen LogP contribution in [0.2, 0.25) is 0 Å². The van der Waals surface area contributed by atoms with Crippen molar-refractivity contribution in [2.75, 3.05) is 12.4 Å². The number of carbonyl (C=O) groups excluding carboxylic acids is 1. The van der Waals surface area contributed by atoms with Crippen LogP contribution in [-0.2, 0) is 11.0 Å². The Bertz CT molecular complexity index is 1170. The number of hydrogen-bond donors (Lipinski definition) is 2. The zero-order valence-corrected chi connectivity index (χ0v) is 16.2. The van der Waals surface area contributed by atoms with Crippen molar-refractivity contribution in [2.45, 2.75) is 18.5 Å². The average Bonchev–Trinajstić information content (AvgIpc) is 3.12. The van der Waals surface area contributed by atoms with Gasteiger partial charge in [-0.1, -0.05) is 18.2 Å². The van der Waals surface area contributed by atoms with E-state index in [0.717, 1.165) is 12.1 Å². The molecule has 2 aromatic carbocycles. The lowest BCUT2D eigenvalue weighted by atomic mass is 9.88. The van der Waals surface area contributed by atoms with E-state index in [0.29, 0.717) is 17.0 Å². The van der Waals surface area contributed by atoms with Gasteiger partial charge in [0.05, 0.1) is 24.1 Å². The molecule has 0 bridgehead atoms. The second-order valence-electron chi connectivity index (χ2n) is 7.10. The number of nitrogens with one attached hydrogen (secondary N) is 1. The minimum absolute atomic E-state index is 0.0152. The summed E-state index contributed by atoms with van der Waals surface area (Å²) in [4.78, 5) is 24.2. The number of alkyl halides is 3. The van der Waals surface area contributed by atoms with Gasteiger partial charge in [0.2, 0.25) is 5.91 Å². The summed E-state index contributed by atoms with van der Waals surface area (Å²) in [6.07, 6.45) is -3.30. The number of benzene rings is 2. The molecule has 31 heavy (non-hydrogen) atoms. The molecule has 160 valence electrons. The Morgan fingerprint density at radius 3 is 2.52 bits per heavy atom. The van der Waals surface area contributed by atoms with Gasteiger partial charge in [0.15, 0.2) is 0 Å². The van der Waals surface area contributed by atoms with Crippen molar-refractivity contribution in [1.29, 1.82) is 0 Å². The maximum Gasteiger partial charge on any atom is 0.416 e. The molecule has 1 aliphatic heterocycles. The number of methoxy groups -OCH3 is 1. The molecule has 1 atom stereocenters. The zero-order chi connectivity index (χ0) is 22.3. The summed E-state index contributed by atoms with van der Waals surface area (Å²) in [5.74, 6) is -1.63. The van der Waals surface area contributed by atoms with Crippen molar-refractivity contribution in [1.82, 2.24) is 4.57 Å². The van der Waals surface area contributed by atoms with Crippen LogP contribution in [0.25, 0.3) is 5.69 Å². The van der Waals surface area contributed by atoms with E-state index in [-0.39, 0.29) is 29.3 Å². The lowest BCUT2D eigenvalue weighted by Gasteiger charge is -2.26. The lowest BCUT2D eigenvalue weighted by molar-refractivity contribution is -0.137. The fourth-order valence-electron chi connectivity index (χ4n) is 3.79. The number of nitrogens with zero attached hydrogens (tertiary/aromatic N) is 1. The Morgan fingerprint density at radius 1 is 1.19 bits per heavy atom. The summed E-state index contributed by atoms with van der Waals surface area (Å²) in [5, 5.41) is 12.2. The third kappa shape index (κ3) is 3.74. The molecule has 2 N–H and O–H groups in total. The van der Waals surface area contributed by atoms with E-state index >= 15 is 0 Å². The Hall–Kier alpha value is -3.75. The van der Waals surface area contributed by atoms with E-state index in [1.165, 1.54) is 30.0 Å². The Labute approximate surface area is 174 Å². The molecule has 0 saturated carbocycles. The first-order valence-corrected chi connectivity index (χ1v) is 9.29. The van der Waals surface area contributed by atoms with E-state index in [1.807, 2.05) is 0 Å². The van der Waals surface area contributed by atoms with Crippen molar-refractivity contribution >= 4 is 17.6 Å². The predicted octanol–water partition coefficient (Wildman–Crippen LogP) is 4.68. The molecular formula is C22H17F3N2O4. The van der Waals surface area contributed by atoms with Gasteiger partial charge in [-0.2, -0.15) is 13.2 Å². The van der Waals surface area contributed by atoms with E-state index < -0.39 is 23.6 Å². The molecule has 6 nitrogen and oxygen atoms in total. The first-order chi connectivity index (χ1) is 14.7. The highest BCUT2D eigenvalue weighted by Gasteiger charge is 2.35. The van der Waals surface area contributed by atoms with Gasteiger partial charge in [-0.15, -0.1) is 0 Å².